The number of hydrogen-bond donors (Lipinski definition) is 1. The van der Waals surface area contributed by atoms with Gasteiger partial charge in [-0.1, -0.05) is 13.8 Å². The lowest BCUT2D eigenvalue weighted by Crippen LogP contribution is -2.10. The van der Waals surface area contributed by atoms with E-state index in [-0.39, 0.29) is 6.04 Å². The van der Waals surface area contributed by atoms with Gasteiger partial charge in [-0.3, -0.25) is 0 Å². The first-order valence-corrected chi connectivity index (χ1v) is 7.14. The lowest BCUT2D eigenvalue weighted by molar-refractivity contribution is 0.794. The molecule has 0 amide bonds. The third-order valence-electron chi connectivity index (χ3n) is 2.85. The second kappa shape index (κ2) is 5.48. The first kappa shape index (κ1) is 13.0. The summed E-state index contributed by atoms with van der Waals surface area (Å²) in [6.07, 6.45) is 0. The van der Waals surface area contributed by atoms with Crippen molar-refractivity contribution in [1.82, 2.24) is 9.97 Å². The molecular formula is C14H19N3S. The number of aromatic nitrogens is 2. The smallest absolute Gasteiger partial charge is 0.223 e. The van der Waals surface area contributed by atoms with Crippen LogP contribution in [0, 0.1) is 6.92 Å². The molecule has 1 atom stereocenters. The van der Waals surface area contributed by atoms with Crippen LogP contribution in [0.25, 0.3) is 0 Å². The molecule has 3 nitrogen and oxygen atoms in total. The Hall–Kier alpha value is -1.42. The molecule has 2 aromatic rings. The number of nitrogens with one attached hydrogen (secondary N) is 1. The van der Waals surface area contributed by atoms with Gasteiger partial charge >= 0.3 is 0 Å². The van der Waals surface area contributed by atoms with Gasteiger partial charge in [-0.15, -0.1) is 0 Å². The summed E-state index contributed by atoms with van der Waals surface area (Å²) in [6, 6.07) is 4.41. The van der Waals surface area contributed by atoms with E-state index in [1.54, 1.807) is 11.3 Å². The van der Waals surface area contributed by atoms with Gasteiger partial charge in [0.25, 0.3) is 0 Å². The topological polar surface area (TPSA) is 37.8 Å². The summed E-state index contributed by atoms with van der Waals surface area (Å²) in [7, 11) is 0. The van der Waals surface area contributed by atoms with Crippen LogP contribution < -0.4 is 5.32 Å². The Balaban J connectivity index is 2.18. The minimum atomic E-state index is 0.234. The molecule has 0 fully saturated rings. The van der Waals surface area contributed by atoms with E-state index >= 15 is 0 Å². The average Bonchev–Trinajstić information content (AvgIpc) is 2.81. The van der Waals surface area contributed by atoms with E-state index in [4.69, 9.17) is 0 Å². The fourth-order valence-electron chi connectivity index (χ4n) is 1.75. The van der Waals surface area contributed by atoms with E-state index in [2.05, 4.69) is 52.9 Å². The highest BCUT2D eigenvalue weighted by molar-refractivity contribution is 7.07. The van der Waals surface area contributed by atoms with Crippen molar-refractivity contribution in [3.05, 3.63) is 39.8 Å². The normalized spacial score (nSPS) is 12.7. The van der Waals surface area contributed by atoms with Gasteiger partial charge in [0.2, 0.25) is 5.95 Å². The predicted molar refractivity (Wildman–Crippen MR) is 77.2 cm³/mol. The Morgan fingerprint density at radius 2 is 2.00 bits per heavy atom. The van der Waals surface area contributed by atoms with Crippen LogP contribution in [0.15, 0.2) is 22.9 Å². The van der Waals surface area contributed by atoms with E-state index in [0.717, 1.165) is 17.3 Å². The molecule has 0 aromatic carbocycles. The molecule has 0 radical (unpaired) electrons. The molecule has 0 saturated carbocycles. The fraction of sp³-hybridized carbons (Fsp3) is 0.429. The number of anilines is 1. The first-order chi connectivity index (χ1) is 8.56. The van der Waals surface area contributed by atoms with Crippen molar-refractivity contribution in [3.63, 3.8) is 0 Å². The van der Waals surface area contributed by atoms with Crippen LogP contribution >= 0.6 is 11.3 Å². The summed E-state index contributed by atoms with van der Waals surface area (Å²) in [5.41, 5.74) is 3.37. The lowest BCUT2D eigenvalue weighted by Gasteiger charge is -2.14. The molecule has 2 heterocycles. The summed E-state index contributed by atoms with van der Waals surface area (Å²) in [5.74, 6) is 1.14. The van der Waals surface area contributed by atoms with E-state index in [9.17, 15) is 0 Å². The Labute approximate surface area is 112 Å². The molecule has 1 N–H and O–H groups in total. The molecule has 2 rings (SSSR count). The van der Waals surface area contributed by atoms with Gasteiger partial charge in [-0.25, -0.2) is 9.97 Å². The second-order valence-electron chi connectivity index (χ2n) is 4.84. The fourth-order valence-corrected chi connectivity index (χ4v) is 2.51. The molecular weight excluding hydrogens is 242 g/mol. The highest BCUT2D eigenvalue weighted by atomic mass is 32.1. The SMILES string of the molecule is Cc1cc(C(C)C)nc(NC(C)c2ccsc2)n1. The van der Waals surface area contributed by atoms with Crippen LogP contribution in [0.2, 0.25) is 0 Å². The van der Waals surface area contributed by atoms with Gasteiger partial charge in [0.05, 0.1) is 6.04 Å². The zero-order chi connectivity index (χ0) is 13.1. The molecule has 4 heteroatoms. The molecule has 0 spiro atoms. The number of nitrogens with zero attached hydrogens (tertiary/aromatic N) is 2. The average molecular weight is 261 g/mol. The molecule has 96 valence electrons. The molecule has 0 aliphatic rings. The van der Waals surface area contributed by atoms with Crippen LogP contribution in [0.1, 0.15) is 49.7 Å². The minimum absolute atomic E-state index is 0.234. The Kier molecular flexibility index (Phi) is 3.97. The summed E-state index contributed by atoms with van der Waals surface area (Å²) in [4.78, 5) is 9.01. The molecule has 0 aliphatic carbocycles. The van der Waals surface area contributed by atoms with Gasteiger partial charge in [0, 0.05) is 11.4 Å². The molecule has 0 saturated heterocycles. The summed E-state index contributed by atoms with van der Waals surface area (Å²) < 4.78 is 0. The van der Waals surface area contributed by atoms with Crippen LogP contribution in [-0.2, 0) is 0 Å². The first-order valence-electron chi connectivity index (χ1n) is 6.20. The standard InChI is InChI=1S/C14H19N3S/c1-9(2)13-7-10(3)15-14(17-13)16-11(4)12-5-6-18-8-12/h5-9,11H,1-4H3,(H,15,16,17). The summed E-state index contributed by atoms with van der Waals surface area (Å²) >= 11 is 1.71. The highest BCUT2D eigenvalue weighted by Gasteiger charge is 2.10. The van der Waals surface area contributed by atoms with E-state index < -0.39 is 0 Å². The van der Waals surface area contributed by atoms with Crippen molar-refractivity contribution in [2.75, 3.05) is 5.32 Å². The molecule has 1 unspecified atom stereocenters. The number of hydrogen-bond acceptors (Lipinski definition) is 4. The Morgan fingerprint density at radius 1 is 1.22 bits per heavy atom. The molecule has 0 bridgehead atoms. The van der Waals surface area contributed by atoms with Gasteiger partial charge < -0.3 is 5.32 Å². The van der Waals surface area contributed by atoms with Crippen molar-refractivity contribution in [2.45, 2.75) is 39.7 Å². The number of rotatable bonds is 4. The molecule has 0 aliphatic heterocycles. The van der Waals surface area contributed by atoms with Gasteiger partial charge in [0.1, 0.15) is 0 Å². The Bertz CT molecular complexity index is 506. The van der Waals surface area contributed by atoms with Gasteiger partial charge in [0.15, 0.2) is 0 Å². The van der Waals surface area contributed by atoms with Crippen molar-refractivity contribution < 1.29 is 0 Å². The number of thiophene rings is 1. The zero-order valence-electron chi connectivity index (χ0n) is 11.3. The van der Waals surface area contributed by atoms with Crippen LogP contribution in [-0.4, -0.2) is 9.97 Å². The predicted octanol–water partition coefficient (Wildman–Crippen LogP) is 4.14. The Morgan fingerprint density at radius 3 is 2.61 bits per heavy atom. The van der Waals surface area contributed by atoms with Crippen LogP contribution in [0.5, 0.6) is 0 Å². The zero-order valence-corrected chi connectivity index (χ0v) is 12.1. The third kappa shape index (κ3) is 3.07. The maximum atomic E-state index is 4.56. The molecule has 18 heavy (non-hydrogen) atoms. The minimum Gasteiger partial charge on any atom is -0.348 e. The van der Waals surface area contributed by atoms with Gasteiger partial charge in [-0.2, -0.15) is 11.3 Å². The van der Waals surface area contributed by atoms with Crippen molar-refractivity contribution in [3.8, 4) is 0 Å². The van der Waals surface area contributed by atoms with Crippen molar-refractivity contribution >= 4 is 17.3 Å². The van der Waals surface area contributed by atoms with E-state index in [0.29, 0.717) is 5.92 Å². The monoisotopic (exact) mass is 261 g/mol. The quantitative estimate of drug-likeness (QED) is 0.898. The van der Waals surface area contributed by atoms with Crippen molar-refractivity contribution in [1.29, 1.82) is 0 Å². The summed E-state index contributed by atoms with van der Waals surface area (Å²) in [5, 5.41) is 7.60. The third-order valence-corrected chi connectivity index (χ3v) is 3.56. The second-order valence-corrected chi connectivity index (χ2v) is 5.62. The maximum Gasteiger partial charge on any atom is 0.223 e. The van der Waals surface area contributed by atoms with Gasteiger partial charge in [-0.05, 0) is 48.2 Å². The summed E-state index contributed by atoms with van der Waals surface area (Å²) in [6.45, 7) is 8.43. The highest BCUT2D eigenvalue weighted by Crippen LogP contribution is 2.21. The van der Waals surface area contributed by atoms with E-state index in [1.165, 1.54) is 5.56 Å². The largest absolute Gasteiger partial charge is 0.348 e. The molecule has 2 aromatic heterocycles. The maximum absolute atomic E-state index is 4.56. The lowest BCUT2D eigenvalue weighted by atomic mass is 10.1. The van der Waals surface area contributed by atoms with Crippen LogP contribution in [0.4, 0.5) is 5.95 Å². The van der Waals surface area contributed by atoms with E-state index in [1.807, 2.05) is 13.0 Å². The number of aryl methyl sites for hydroxylation is 1. The van der Waals surface area contributed by atoms with Crippen LogP contribution in [0.3, 0.4) is 0 Å². The van der Waals surface area contributed by atoms with Crippen molar-refractivity contribution in [2.24, 2.45) is 0 Å².